The highest BCUT2D eigenvalue weighted by Gasteiger charge is 2.36. The molecule has 0 radical (unpaired) electrons. The van der Waals surface area contributed by atoms with Gasteiger partial charge in [-0.3, -0.25) is 0 Å². The van der Waals surface area contributed by atoms with Crippen LogP contribution in [0.25, 0.3) is 0 Å². The molecule has 1 aliphatic rings. The van der Waals surface area contributed by atoms with Gasteiger partial charge in [0.1, 0.15) is 0 Å². The van der Waals surface area contributed by atoms with Gasteiger partial charge < -0.3 is 5.32 Å². The standard InChI is InChI=1S/C17H28ClNS/c1-16(2,3)19-11-12-8-9-17(4,5)10-13(12)14-6-7-15(18)20-14/h6-7,12-13,19H,8-11H2,1-5H3. The zero-order chi connectivity index (χ0) is 15.0. The average Bonchev–Trinajstić information content (AvgIpc) is 2.72. The third-order valence-corrected chi connectivity index (χ3v) is 5.75. The number of nitrogens with one attached hydrogen (secondary N) is 1. The maximum Gasteiger partial charge on any atom is 0.0931 e. The zero-order valence-corrected chi connectivity index (χ0v) is 15.0. The van der Waals surface area contributed by atoms with Gasteiger partial charge in [0.15, 0.2) is 0 Å². The summed E-state index contributed by atoms with van der Waals surface area (Å²) in [5, 5.41) is 3.70. The number of hydrogen-bond acceptors (Lipinski definition) is 2. The zero-order valence-electron chi connectivity index (χ0n) is 13.4. The van der Waals surface area contributed by atoms with Crippen LogP contribution in [-0.4, -0.2) is 12.1 Å². The van der Waals surface area contributed by atoms with Crippen LogP contribution in [0.3, 0.4) is 0 Å². The summed E-state index contributed by atoms with van der Waals surface area (Å²) in [7, 11) is 0. The molecular formula is C17H28ClNS. The Labute approximate surface area is 133 Å². The molecule has 20 heavy (non-hydrogen) atoms. The lowest BCUT2D eigenvalue weighted by atomic mass is 9.66. The normalized spacial score (nSPS) is 26.7. The van der Waals surface area contributed by atoms with Crippen molar-refractivity contribution in [3.05, 3.63) is 21.3 Å². The molecule has 2 atom stereocenters. The Kier molecular flexibility index (Phi) is 4.88. The molecule has 0 spiro atoms. The molecule has 1 saturated carbocycles. The fourth-order valence-corrected chi connectivity index (χ4v) is 4.44. The van der Waals surface area contributed by atoms with Gasteiger partial charge in [-0.1, -0.05) is 25.4 Å². The SMILES string of the molecule is CC1(C)CCC(CNC(C)(C)C)C(c2ccc(Cl)s2)C1. The lowest BCUT2D eigenvalue weighted by Crippen LogP contribution is -2.42. The second kappa shape index (κ2) is 5.98. The van der Waals surface area contributed by atoms with Gasteiger partial charge in [-0.05, 0) is 76.0 Å². The molecule has 2 unspecified atom stereocenters. The van der Waals surface area contributed by atoms with E-state index in [-0.39, 0.29) is 5.54 Å². The van der Waals surface area contributed by atoms with Crippen LogP contribution < -0.4 is 5.32 Å². The van der Waals surface area contributed by atoms with Crippen LogP contribution in [0.15, 0.2) is 12.1 Å². The van der Waals surface area contributed by atoms with Crippen LogP contribution in [0.1, 0.15) is 64.7 Å². The molecule has 1 fully saturated rings. The van der Waals surface area contributed by atoms with Crippen molar-refractivity contribution in [2.75, 3.05) is 6.54 Å². The molecule has 1 nitrogen and oxygen atoms in total. The summed E-state index contributed by atoms with van der Waals surface area (Å²) in [6, 6.07) is 4.29. The molecule has 0 saturated heterocycles. The molecule has 114 valence electrons. The first-order chi connectivity index (χ1) is 9.16. The first-order valence-electron chi connectivity index (χ1n) is 7.67. The van der Waals surface area contributed by atoms with Crippen molar-refractivity contribution in [1.82, 2.24) is 5.32 Å². The van der Waals surface area contributed by atoms with E-state index in [0.717, 1.165) is 16.8 Å². The predicted molar refractivity (Wildman–Crippen MR) is 90.9 cm³/mol. The molecular weight excluding hydrogens is 286 g/mol. The minimum atomic E-state index is 0.199. The Morgan fingerprint density at radius 3 is 2.60 bits per heavy atom. The highest BCUT2D eigenvalue weighted by atomic mass is 35.5. The molecule has 0 aromatic carbocycles. The maximum absolute atomic E-state index is 6.15. The van der Waals surface area contributed by atoms with Crippen molar-refractivity contribution in [2.24, 2.45) is 11.3 Å². The molecule has 0 amide bonds. The summed E-state index contributed by atoms with van der Waals surface area (Å²) in [5.74, 6) is 1.39. The predicted octanol–water partition coefficient (Wildman–Crippen LogP) is 5.70. The van der Waals surface area contributed by atoms with Crippen molar-refractivity contribution in [1.29, 1.82) is 0 Å². The smallest absolute Gasteiger partial charge is 0.0931 e. The molecule has 0 bridgehead atoms. The Morgan fingerprint density at radius 2 is 2.05 bits per heavy atom. The van der Waals surface area contributed by atoms with Gasteiger partial charge in [0, 0.05) is 10.4 Å². The Balaban J connectivity index is 2.12. The van der Waals surface area contributed by atoms with Gasteiger partial charge in [0.2, 0.25) is 0 Å². The van der Waals surface area contributed by atoms with Gasteiger partial charge in [-0.2, -0.15) is 0 Å². The van der Waals surface area contributed by atoms with E-state index >= 15 is 0 Å². The van der Waals surface area contributed by atoms with Crippen molar-refractivity contribution < 1.29 is 0 Å². The summed E-state index contributed by atoms with van der Waals surface area (Å²) in [5.41, 5.74) is 0.657. The average molecular weight is 314 g/mol. The summed E-state index contributed by atoms with van der Waals surface area (Å²) in [4.78, 5) is 1.48. The maximum atomic E-state index is 6.15. The lowest BCUT2D eigenvalue weighted by Gasteiger charge is -2.41. The van der Waals surface area contributed by atoms with Crippen molar-refractivity contribution in [2.45, 2.75) is 65.3 Å². The summed E-state index contributed by atoms with van der Waals surface area (Å²) < 4.78 is 0.922. The van der Waals surface area contributed by atoms with E-state index in [4.69, 9.17) is 11.6 Å². The largest absolute Gasteiger partial charge is 0.312 e. The number of rotatable bonds is 3. The number of hydrogen-bond donors (Lipinski definition) is 1. The summed E-state index contributed by atoms with van der Waals surface area (Å²) in [6.07, 6.45) is 3.93. The highest BCUT2D eigenvalue weighted by molar-refractivity contribution is 7.16. The minimum absolute atomic E-state index is 0.199. The Bertz CT molecular complexity index is 444. The third kappa shape index (κ3) is 4.47. The fourth-order valence-electron chi connectivity index (χ4n) is 3.18. The van der Waals surface area contributed by atoms with Gasteiger partial charge in [-0.15, -0.1) is 11.3 Å². The first-order valence-corrected chi connectivity index (χ1v) is 8.86. The molecule has 3 heteroatoms. The van der Waals surface area contributed by atoms with Crippen LogP contribution in [0.2, 0.25) is 4.34 Å². The molecule has 1 aliphatic carbocycles. The fraction of sp³-hybridized carbons (Fsp3) is 0.765. The molecule has 1 N–H and O–H groups in total. The molecule has 1 aromatic rings. The van der Waals surface area contributed by atoms with E-state index in [0.29, 0.717) is 11.3 Å². The van der Waals surface area contributed by atoms with E-state index in [9.17, 15) is 0 Å². The minimum Gasteiger partial charge on any atom is -0.312 e. The number of thiophene rings is 1. The third-order valence-electron chi connectivity index (χ3n) is 4.39. The van der Waals surface area contributed by atoms with Crippen molar-refractivity contribution in [3.63, 3.8) is 0 Å². The molecule has 1 heterocycles. The van der Waals surface area contributed by atoms with Crippen LogP contribution in [0.4, 0.5) is 0 Å². The summed E-state index contributed by atoms with van der Waals surface area (Å²) >= 11 is 7.92. The van der Waals surface area contributed by atoms with Crippen molar-refractivity contribution in [3.8, 4) is 0 Å². The van der Waals surface area contributed by atoms with Crippen LogP contribution in [0.5, 0.6) is 0 Å². The van der Waals surface area contributed by atoms with E-state index in [1.807, 2.05) is 0 Å². The van der Waals surface area contributed by atoms with Gasteiger partial charge in [0.05, 0.1) is 4.34 Å². The van der Waals surface area contributed by atoms with Gasteiger partial charge in [-0.25, -0.2) is 0 Å². The van der Waals surface area contributed by atoms with Crippen LogP contribution in [-0.2, 0) is 0 Å². The monoisotopic (exact) mass is 313 g/mol. The van der Waals surface area contributed by atoms with Crippen LogP contribution >= 0.6 is 22.9 Å². The van der Waals surface area contributed by atoms with E-state index in [1.54, 1.807) is 11.3 Å². The Morgan fingerprint density at radius 1 is 1.35 bits per heavy atom. The van der Waals surface area contributed by atoms with Gasteiger partial charge in [0.25, 0.3) is 0 Å². The molecule has 2 rings (SSSR count). The molecule has 1 aromatic heterocycles. The lowest BCUT2D eigenvalue weighted by molar-refractivity contribution is 0.155. The van der Waals surface area contributed by atoms with E-state index < -0.39 is 0 Å². The highest BCUT2D eigenvalue weighted by Crippen LogP contribution is 2.48. The molecule has 0 aliphatic heterocycles. The van der Waals surface area contributed by atoms with E-state index in [2.05, 4.69) is 52.1 Å². The topological polar surface area (TPSA) is 12.0 Å². The quantitative estimate of drug-likeness (QED) is 0.754. The van der Waals surface area contributed by atoms with E-state index in [1.165, 1.54) is 24.1 Å². The summed E-state index contributed by atoms with van der Waals surface area (Å²) in [6.45, 7) is 12.7. The van der Waals surface area contributed by atoms with Crippen molar-refractivity contribution >= 4 is 22.9 Å². The van der Waals surface area contributed by atoms with Crippen LogP contribution in [0, 0.1) is 11.3 Å². The Hall–Kier alpha value is -0.0500. The van der Waals surface area contributed by atoms with Gasteiger partial charge >= 0.3 is 0 Å². The second-order valence-electron chi connectivity index (χ2n) is 8.05. The second-order valence-corrected chi connectivity index (χ2v) is 9.79. The number of halogens is 1. The first kappa shape index (κ1) is 16.3.